The summed E-state index contributed by atoms with van der Waals surface area (Å²) >= 11 is 0. The topological polar surface area (TPSA) is 84.2 Å². The number of hydrogen-bond acceptors (Lipinski definition) is 5. The van der Waals surface area contributed by atoms with E-state index >= 15 is 0 Å². The van der Waals surface area contributed by atoms with E-state index in [-0.39, 0.29) is 5.91 Å². The Kier molecular flexibility index (Phi) is 4.39. The summed E-state index contributed by atoms with van der Waals surface area (Å²) in [6, 6.07) is 1.94. The van der Waals surface area contributed by atoms with Crippen molar-refractivity contribution in [1.29, 1.82) is 0 Å². The van der Waals surface area contributed by atoms with Gasteiger partial charge in [0, 0.05) is 31.0 Å². The second-order valence-corrected chi connectivity index (χ2v) is 6.40. The first-order chi connectivity index (χ1) is 12.3. The van der Waals surface area contributed by atoms with Crippen LogP contribution in [0.15, 0.2) is 43.2 Å². The van der Waals surface area contributed by atoms with Gasteiger partial charge < -0.3 is 15.0 Å². The highest BCUT2D eigenvalue weighted by Gasteiger charge is 2.16. The minimum absolute atomic E-state index is 0.130. The molecule has 1 saturated heterocycles. The predicted molar refractivity (Wildman–Crippen MR) is 93.1 cm³/mol. The van der Waals surface area contributed by atoms with Gasteiger partial charge in [-0.3, -0.25) is 14.8 Å². The first-order valence-corrected chi connectivity index (χ1v) is 8.48. The van der Waals surface area contributed by atoms with E-state index in [2.05, 4.69) is 25.6 Å². The summed E-state index contributed by atoms with van der Waals surface area (Å²) in [5.74, 6) is 0.501. The molecule has 7 nitrogen and oxygen atoms in total. The molecule has 25 heavy (non-hydrogen) atoms. The van der Waals surface area contributed by atoms with Crippen molar-refractivity contribution < 1.29 is 4.79 Å². The molecule has 3 aromatic rings. The van der Waals surface area contributed by atoms with E-state index < -0.39 is 0 Å². The maximum atomic E-state index is 12.4. The van der Waals surface area contributed by atoms with E-state index in [1.54, 1.807) is 18.6 Å². The molecule has 2 N–H and O–H groups in total. The molecule has 0 aromatic carbocycles. The SMILES string of the molecule is O=C(NCc1cn2ccncc2n1)c1cncc(CC2CCNC2)c1. The van der Waals surface area contributed by atoms with Gasteiger partial charge in [-0.25, -0.2) is 4.98 Å². The van der Waals surface area contributed by atoms with Gasteiger partial charge in [-0.1, -0.05) is 0 Å². The molecule has 1 aliphatic heterocycles. The van der Waals surface area contributed by atoms with E-state index in [1.165, 1.54) is 6.42 Å². The minimum Gasteiger partial charge on any atom is -0.346 e. The molecule has 0 saturated carbocycles. The lowest BCUT2D eigenvalue weighted by Gasteiger charge is -2.09. The summed E-state index contributed by atoms with van der Waals surface area (Å²) in [4.78, 5) is 25.1. The number of amides is 1. The zero-order valence-electron chi connectivity index (χ0n) is 13.9. The average Bonchev–Trinajstić information content (AvgIpc) is 3.29. The number of carbonyl (C=O) groups is 1. The summed E-state index contributed by atoms with van der Waals surface area (Å²) in [7, 11) is 0. The van der Waals surface area contributed by atoms with E-state index in [0.717, 1.165) is 36.4 Å². The van der Waals surface area contributed by atoms with E-state index in [4.69, 9.17) is 0 Å². The third-order valence-electron chi connectivity index (χ3n) is 4.49. The summed E-state index contributed by atoms with van der Waals surface area (Å²) in [5, 5.41) is 6.28. The van der Waals surface area contributed by atoms with Crippen LogP contribution < -0.4 is 10.6 Å². The van der Waals surface area contributed by atoms with Crippen LogP contribution in [0.1, 0.15) is 28.0 Å². The Hall–Kier alpha value is -2.80. The average molecular weight is 336 g/mol. The van der Waals surface area contributed by atoms with Crippen LogP contribution in [0.25, 0.3) is 5.65 Å². The van der Waals surface area contributed by atoms with Crippen LogP contribution in [0.5, 0.6) is 0 Å². The van der Waals surface area contributed by atoms with Crippen molar-refractivity contribution in [3.63, 3.8) is 0 Å². The van der Waals surface area contributed by atoms with Gasteiger partial charge in [0.25, 0.3) is 5.91 Å². The monoisotopic (exact) mass is 336 g/mol. The number of pyridine rings is 1. The number of fused-ring (bicyclic) bond motifs is 1. The number of nitrogens with one attached hydrogen (secondary N) is 2. The van der Waals surface area contributed by atoms with Crippen molar-refractivity contribution in [3.05, 3.63) is 60.1 Å². The Morgan fingerprint density at radius 2 is 2.28 bits per heavy atom. The molecule has 128 valence electrons. The molecule has 0 radical (unpaired) electrons. The third-order valence-corrected chi connectivity index (χ3v) is 4.49. The van der Waals surface area contributed by atoms with Gasteiger partial charge in [0.1, 0.15) is 0 Å². The minimum atomic E-state index is -0.130. The van der Waals surface area contributed by atoms with E-state index in [9.17, 15) is 4.79 Å². The molecule has 1 amide bonds. The Labute approximate surface area is 145 Å². The van der Waals surface area contributed by atoms with E-state index in [0.29, 0.717) is 18.0 Å². The predicted octanol–water partition coefficient (Wildman–Crippen LogP) is 1.21. The van der Waals surface area contributed by atoms with Crippen LogP contribution in [-0.4, -0.2) is 38.3 Å². The zero-order valence-corrected chi connectivity index (χ0v) is 13.9. The number of aromatic nitrogens is 4. The molecular formula is C18H20N6O. The van der Waals surface area contributed by atoms with Crippen LogP contribution in [0, 0.1) is 5.92 Å². The molecule has 0 bridgehead atoms. The fourth-order valence-corrected chi connectivity index (χ4v) is 3.20. The Morgan fingerprint density at radius 3 is 3.12 bits per heavy atom. The molecular weight excluding hydrogens is 316 g/mol. The van der Waals surface area contributed by atoms with Crippen molar-refractivity contribution in [2.24, 2.45) is 5.92 Å². The molecule has 1 unspecified atom stereocenters. The molecule has 7 heteroatoms. The van der Waals surface area contributed by atoms with Crippen molar-refractivity contribution in [1.82, 2.24) is 30.0 Å². The van der Waals surface area contributed by atoms with Crippen LogP contribution in [0.3, 0.4) is 0 Å². The second-order valence-electron chi connectivity index (χ2n) is 6.40. The fraction of sp³-hybridized carbons (Fsp3) is 0.333. The van der Waals surface area contributed by atoms with Gasteiger partial charge in [-0.2, -0.15) is 0 Å². The quantitative estimate of drug-likeness (QED) is 0.731. The zero-order chi connectivity index (χ0) is 17.1. The van der Waals surface area contributed by atoms with Gasteiger partial charge in [0.05, 0.1) is 24.0 Å². The normalized spacial score (nSPS) is 17.0. The van der Waals surface area contributed by atoms with Crippen molar-refractivity contribution in [2.45, 2.75) is 19.4 Å². The lowest BCUT2D eigenvalue weighted by Crippen LogP contribution is -2.23. The van der Waals surface area contributed by atoms with Gasteiger partial charge in [-0.05, 0) is 43.5 Å². The molecule has 1 aliphatic rings. The van der Waals surface area contributed by atoms with Crippen LogP contribution in [0.4, 0.5) is 0 Å². The molecule has 4 heterocycles. The lowest BCUT2D eigenvalue weighted by atomic mass is 9.99. The highest BCUT2D eigenvalue weighted by Crippen LogP contribution is 2.15. The molecule has 3 aromatic heterocycles. The third kappa shape index (κ3) is 3.66. The molecule has 0 spiro atoms. The lowest BCUT2D eigenvalue weighted by molar-refractivity contribution is 0.0950. The maximum Gasteiger partial charge on any atom is 0.253 e. The van der Waals surface area contributed by atoms with Gasteiger partial charge in [0.2, 0.25) is 0 Å². The highest BCUT2D eigenvalue weighted by molar-refractivity contribution is 5.93. The number of carbonyl (C=O) groups excluding carboxylic acids is 1. The molecule has 0 aliphatic carbocycles. The number of hydrogen-bond donors (Lipinski definition) is 2. The molecule has 1 fully saturated rings. The second kappa shape index (κ2) is 6.98. The largest absolute Gasteiger partial charge is 0.346 e. The smallest absolute Gasteiger partial charge is 0.253 e. The summed E-state index contributed by atoms with van der Waals surface area (Å²) in [5.41, 5.74) is 3.26. The summed E-state index contributed by atoms with van der Waals surface area (Å²) < 4.78 is 1.88. The van der Waals surface area contributed by atoms with Crippen LogP contribution in [-0.2, 0) is 13.0 Å². The van der Waals surface area contributed by atoms with Gasteiger partial charge in [-0.15, -0.1) is 0 Å². The first-order valence-electron chi connectivity index (χ1n) is 8.48. The van der Waals surface area contributed by atoms with Gasteiger partial charge >= 0.3 is 0 Å². The Bertz CT molecular complexity index is 851. The maximum absolute atomic E-state index is 12.4. The number of rotatable bonds is 5. The molecule has 4 rings (SSSR count). The summed E-state index contributed by atoms with van der Waals surface area (Å²) in [6.45, 7) is 2.49. The summed E-state index contributed by atoms with van der Waals surface area (Å²) in [6.07, 6.45) is 12.7. The number of imidazole rings is 1. The first kappa shape index (κ1) is 15.7. The Morgan fingerprint density at radius 1 is 1.32 bits per heavy atom. The molecule has 1 atom stereocenters. The van der Waals surface area contributed by atoms with Crippen molar-refractivity contribution in [2.75, 3.05) is 13.1 Å². The van der Waals surface area contributed by atoms with Crippen LogP contribution in [0.2, 0.25) is 0 Å². The highest BCUT2D eigenvalue weighted by atomic mass is 16.1. The fourth-order valence-electron chi connectivity index (χ4n) is 3.20. The van der Waals surface area contributed by atoms with E-state index in [1.807, 2.05) is 29.1 Å². The standard InChI is InChI=1S/C18H20N6O/c25-18(22-10-16-12-24-4-3-20-11-17(24)23-16)15-6-14(8-21-9-15)5-13-1-2-19-7-13/h3-4,6,8-9,11-13,19H,1-2,5,7,10H2,(H,22,25). The number of nitrogens with zero attached hydrogens (tertiary/aromatic N) is 4. The Balaban J connectivity index is 1.40. The van der Waals surface area contributed by atoms with Crippen LogP contribution >= 0.6 is 0 Å². The van der Waals surface area contributed by atoms with Gasteiger partial charge in [0.15, 0.2) is 5.65 Å². The van der Waals surface area contributed by atoms with Crippen molar-refractivity contribution in [3.8, 4) is 0 Å². The van der Waals surface area contributed by atoms with Crippen molar-refractivity contribution >= 4 is 11.6 Å².